The Morgan fingerprint density at radius 3 is 2.45 bits per heavy atom. The number of benzene rings is 3. The van der Waals surface area contributed by atoms with Gasteiger partial charge in [-0.15, -0.1) is 0 Å². The van der Waals surface area contributed by atoms with Crippen LogP contribution in [0.4, 0.5) is 0 Å². The quantitative estimate of drug-likeness (QED) is 0.317. The first-order chi connectivity index (χ1) is 18.6. The Hall–Kier alpha value is -4.10. The number of carboxylic acid groups (broad SMARTS) is 1. The van der Waals surface area contributed by atoms with Gasteiger partial charge in [-0.05, 0) is 49.4 Å². The van der Waals surface area contributed by atoms with Gasteiger partial charge in [-0.1, -0.05) is 60.7 Å². The van der Waals surface area contributed by atoms with Crippen LogP contribution in [0.5, 0.6) is 0 Å². The molecule has 0 bridgehead atoms. The summed E-state index contributed by atoms with van der Waals surface area (Å²) in [5, 5.41) is 12.5. The highest BCUT2D eigenvalue weighted by molar-refractivity contribution is 5.97. The maximum atomic E-state index is 13.5. The first-order valence-corrected chi connectivity index (χ1v) is 13.2. The molecule has 1 aromatic heterocycles. The number of rotatable bonds is 9. The van der Waals surface area contributed by atoms with Gasteiger partial charge >= 0.3 is 5.97 Å². The summed E-state index contributed by atoms with van der Waals surface area (Å²) in [6.45, 7) is 2.08. The van der Waals surface area contributed by atoms with E-state index in [4.69, 9.17) is 15.1 Å². The lowest BCUT2D eigenvalue weighted by Crippen LogP contribution is -2.53. The summed E-state index contributed by atoms with van der Waals surface area (Å²) in [4.78, 5) is 36.2. The van der Waals surface area contributed by atoms with E-state index in [0.717, 1.165) is 35.4 Å². The molecule has 3 aromatic carbocycles. The number of hydrogen-bond acceptors (Lipinski definition) is 5. The van der Waals surface area contributed by atoms with E-state index in [1.807, 2.05) is 71.6 Å². The van der Waals surface area contributed by atoms with Gasteiger partial charge in [-0.3, -0.25) is 9.59 Å². The number of aromatic nitrogens is 2. The molecule has 0 saturated carbocycles. The summed E-state index contributed by atoms with van der Waals surface area (Å²) in [6.07, 6.45) is 2.92. The fourth-order valence-electron chi connectivity index (χ4n) is 5.02. The third-order valence-electron chi connectivity index (χ3n) is 6.95. The molecule has 2 heterocycles. The third-order valence-corrected chi connectivity index (χ3v) is 6.95. The number of aliphatic carboxylic acids is 1. The molecule has 1 unspecified atom stereocenters. The van der Waals surface area contributed by atoms with Crippen LogP contribution in [0.1, 0.15) is 40.9 Å². The van der Waals surface area contributed by atoms with Gasteiger partial charge in [0.2, 0.25) is 0 Å². The summed E-state index contributed by atoms with van der Waals surface area (Å²) in [7, 11) is 0. The predicted octanol–water partition coefficient (Wildman–Crippen LogP) is 4.75. The molecule has 0 radical (unpaired) electrons. The lowest BCUT2D eigenvalue weighted by Gasteiger charge is -2.34. The molecule has 0 aliphatic carbocycles. The van der Waals surface area contributed by atoms with Crippen LogP contribution in [0, 0.1) is 0 Å². The molecule has 0 spiro atoms. The number of nitrogens with zero attached hydrogens (tertiary/aromatic N) is 3. The second-order valence-electron chi connectivity index (χ2n) is 9.78. The van der Waals surface area contributed by atoms with Crippen LogP contribution in [-0.2, 0) is 17.6 Å². The molecule has 7 heteroatoms. The second kappa shape index (κ2) is 12.0. The van der Waals surface area contributed by atoms with Crippen molar-refractivity contribution in [2.45, 2.75) is 38.1 Å². The topological polar surface area (TPSA) is 95.4 Å². The summed E-state index contributed by atoms with van der Waals surface area (Å²) in [5.41, 5.74) is 5.88. The van der Waals surface area contributed by atoms with Gasteiger partial charge in [-0.25, -0.2) is 9.97 Å². The Labute approximate surface area is 222 Å². The van der Waals surface area contributed by atoms with E-state index in [9.17, 15) is 9.59 Å². The van der Waals surface area contributed by atoms with Crippen molar-refractivity contribution in [1.82, 2.24) is 20.2 Å². The molecular weight excluding hydrogens is 476 g/mol. The van der Waals surface area contributed by atoms with Crippen molar-refractivity contribution in [1.29, 1.82) is 0 Å². The number of hydrogen-bond donors (Lipinski definition) is 2. The van der Waals surface area contributed by atoms with Gasteiger partial charge in [0.05, 0.1) is 22.4 Å². The highest BCUT2D eigenvalue weighted by Gasteiger charge is 2.25. The van der Waals surface area contributed by atoms with Crippen molar-refractivity contribution in [3.8, 4) is 11.3 Å². The SMILES string of the molecule is O=C(O)CCCCc1nc2cc(C(=O)N3CCNC(Cc4ccccc4)C3)ccc2nc1-c1ccccc1. The van der Waals surface area contributed by atoms with Crippen molar-refractivity contribution >= 4 is 22.9 Å². The Morgan fingerprint density at radius 2 is 1.68 bits per heavy atom. The Kier molecular flexibility index (Phi) is 8.04. The molecule has 194 valence electrons. The lowest BCUT2D eigenvalue weighted by atomic mass is 10.0. The molecule has 1 aliphatic heterocycles. The zero-order valence-electron chi connectivity index (χ0n) is 21.3. The molecule has 1 aliphatic rings. The van der Waals surface area contributed by atoms with Crippen LogP contribution in [0.2, 0.25) is 0 Å². The van der Waals surface area contributed by atoms with Crippen LogP contribution in [0.3, 0.4) is 0 Å². The van der Waals surface area contributed by atoms with E-state index in [0.29, 0.717) is 43.4 Å². The molecule has 1 fully saturated rings. The zero-order chi connectivity index (χ0) is 26.3. The number of carbonyl (C=O) groups excluding carboxylic acids is 1. The molecule has 1 atom stereocenters. The molecule has 1 amide bonds. The second-order valence-corrected chi connectivity index (χ2v) is 9.78. The molecule has 7 nitrogen and oxygen atoms in total. The number of nitrogens with one attached hydrogen (secondary N) is 1. The number of carbonyl (C=O) groups is 2. The molecule has 2 N–H and O–H groups in total. The predicted molar refractivity (Wildman–Crippen MR) is 148 cm³/mol. The van der Waals surface area contributed by atoms with Crippen molar-refractivity contribution in [3.05, 3.63) is 95.7 Å². The molecule has 38 heavy (non-hydrogen) atoms. The number of unbranched alkanes of at least 4 members (excludes halogenated alkanes) is 1. The van der Waals surface area contributed by atoms with Gasteiger partial charge in [0.15, 0.2) is 0 Å². The van der Waals surface area contributed by atoms with Gasteiger partial charge in [0.1, 0.15) is 0 Å². The number of aryl methyl sites for hydroxylation is 1. The van der Waals surface area contributed by atoms with E-state index in [1.54, 1.807) is 0 Å². The van der Waals surface area contributed by atoms with Gasteiger partial charge in [-0.2, -0.15) is 0 Å². The Morgan fingerprint density at radius 1 is 0.921 bits per heavy atom. The lowest BCUT2D eigenvalue weighted by molar-refractivity contribution is -0.137. The van der Waals surface area contributed by atoms with E-state index in [1.165, 1.54) is 5.56 Å². The van der Waals surface area contributed by atoms with Crippen LogP contribution in [-0.4, -0.2) is 57.5 Å². The average Bonchev–Trinajstić information content (AvgIpc) is 2.95. The number of amides is 1. The first kappa shape index (κ1) is 25.5. The first-order valence-electron chi connectivity index (χ1n) is 13.2. The normalized spacial score (nSPS) is 15.5. The minimum Gasteiger partial charge on any atom is -0.481 e. The van der Waals surface area contributed by atoms with E-state index >= 15 is 0 Å². The summed E-state index contributed by atoms with van der Waals surface area (Å²) < 4.78 is 0. The van der Waals surface area contributed by atoms with Crippen molar-refractivity contribution in [2.24, 2.45) is 0 Å². The Balaban J connectivity index is 1.37. The highest BCUT2D eigenvalue weighted by atomic mass is 16.4. The van der Waals surface area contributed by atoms with E-state index < -0.39 is 5.97 Å². The van der Waals surface area contributed by atoms with Crippen molar-refractivity contribution in [3.63, 3.8) is 0 Å². The van der Waals surface area contributed by atoms with Crippen molar-refractivity contribution < 1.29 is 14.7 Å². The standard InChI is InChI=1S/C31H32N4O3/c36-29(37)14-8-7-13-27-30(23-11-5-2-6-12-23)34-26-16-15-24(20-28(26)33-27)31(38)35-18-17-32-25(21-35)19-22-9-3-1-4-10-22/h1-6,9-12,15-16,20,25,32H,7-8,13-14,17-19,21H2,(H,36,37). The molecule has 4 aromatic rings. The van der Waals surface area contributed by atoms with Gasteiger partial charge in [0, 0.05) is 43.2 Å². The van der Waals surface area contributed by atoms with E-state index in [-0.39, 0.29) is 18.4 Å². The maximum Gasteiger partial charge on any atom is 0.303 e. The number of piperazine rings is 1. The van der Waals surface area contributed by atoms with Crippen LogP contribution >= 0.6 is 0 Å². The number of fused-ring (bicyclic) bond motifs is 1. The smallest absolute Gasteiger partial charge is 0.303 e. The minimum atomic E-state index is -0.792. The van der Waals surface area contributed by atoms with Crippen LogP contribution in [0.15, 0.2) is 78.9 Å². The monoisotopic (exact) mass is 508 g/mol. The maximum absolute atomic E-state index is 13.5. The molecule has 5 rings (SSSR count). The fraction of sp³-hybridized carbons (Fsp3) is 0.290. The van der Waals surface area contributed by atoms with Gasteiger partial charge < -0.3 is 15.3 Å². The third kappa shape index (κ3) is 6.23. The largest absolute Gasteiger partial charge is 0.481 e. The number of carboxylic acids is 1. The van der Waals surface area contributed by atoms with Crippen molar-refractivity contribution in [2.75, 3.05) is 19.6 Å². The van der Waals surface area contributed by atoms with E-state index in [2.05, 4.69) is 17.4 Å². The van der Waals surface area contributed by atoms with Crippen LogP contribution < -0.4 is 5.32 Å². The van der Waals surface area contributed by atoms with Gasteiger partial charge in [0.25, 0.3) is 5.91 Å². The fourth-order valence-corrected chi connectivity index (χ4v) is 5.02. The highest BCUT2D eigenvalue weighted by Crippen LogP contribution is 2.26. The summed E-state index contributed by atoms with van der Waals surface area (Å²) in [5.74, 6) is -0.789. The molecular formula is C31H32N4O3. The molecule has 1 saturated heterocycles. The Bertz CT molecular complexity index is 1410. The summed E-state index contributed by atoms with van der Waals surface area (Å²) >= 11 is 0. The van der Waals surface area contributed by atoms with Crippen LogP contribution in [0.25, 0.3) is 22.3 Å². The average molecular weight is 509 g/mol. The minimum absolute atomic E-state index is 0.00315. The zero-order valence-corrected chi connectivity index (χ0v) is 21.3. The summed E-state index contributed by atoms with van der Waals surface area (Å²) in [6, 6.07) is 26.0.